The number of fused-ring (bicyclic) bond motifs is 1. The Labute approximate surface area is 218 Å². The molecule has 0 spiro atoms. The lowest BCUT2D eigenvalue weighted by Crippen LogP contribution is -2.50. The van der Waals surface area contributed by atoms with Gasteiger partial charge in [-0.2, -0.15) is 0 Å². The highest BCUT2D eigenvalue weighted by Gasteiger charge is 2.34. The normalized spacial score (nSPS) is 21.4. The third-order valence-electron chi connectivity index (χ3n) is 7.12. The fourth-order valence-corrected chi connectivity index (χ4v) is 4.82. The van der Waals surface area contributed by atoms with Crippen molar-refractivity contribution in [2.24, 2.45) is 11.8 Å². The third kappa shape index (κ3) is 7.07. The van der Waals surface area contributed by atoms with E-state index in [1.165, 1.54) is 12.1 Å². The molecular formula is C29H36FN3O4. The molecule has 0 radical (unpaired) electrons. The minimum absolute atomic E-state index is 0.0305. The number of ether oxygens (including phenoxy) is 2. The highest BCUT2D eigenvalue weighted by Crippen LogP contribution is 2.27. The Kier molecular flexibility index (Phi) is 9.14. The molecule has 198 valence electrons. The van der Waals surface area contributed by atoms with Gasteiger partial charge in [-0.1, -0.05) is 18.8 Å². The number of hydrogen-bond acceptors (Lipinski definition) is 6. The van der Waals surface area contributed by atoms with Crippen molar-refractivity contribution in [1.82, 2.24) is 14.8 Å². The van der Waals surface area contributed by atoms with E-state index in [1.54, 1.807) is 29.3 Å². The summed E-state index contributed by atoms with van der Waals surface area (Å²) in [4.78, 5) is 22.1. The molecule has 3 heterocycles. The lowest BCUT2D eigenvalue weighted by Gasteiger charge is -2.38. The maximum atomic E-state index is 13.6. The molecule has 1 aromatic carbocycles. The Morgan fingerprint density at radius 2 is 1.89 bits per heavy atom. The van der Waals surface area contributed by atoms with Gasteiger partial charge in [0.2, 0.25) is 5.88 Å². The highest BCUT2D eigenvalue weighted by atomic mass is 19.1. The van der Waals surface area contributed by atoms with Crippen molar-refractivity contribution >= 4 is 5.91 Å². The summed E-state index contributed by atoms with van der Waals surface area (Å²) < 4.78 is 25.1. The number of likely N-dealkylation sites (N-methyl/N-ethyl adjacent to an activating group) is 1. The molecule has 1 aromatic heterocycles. The number of halogens is 1. The Hall–Kier alpha value is -2.99. The molecule has 0 unspecified atom stereocenters. The number of aliphatic hydroxyl groups excluding tert-OH is 1. The van der Waals surface area contributed by atoms with E-state index in [4.69, 9.17) is 9.47 Å². The standard InChI is InChI=1S/C29H36FN3O4/c1-20-16-33(21(2)19-34)29(35)26-14-24(5-4-22-6-8-25(30)9-7-22)15-31-28(26)37-27(20)18-32(3)17-23-10-12-36-13-11-23/h6-9,14-15,20-21,23,27,34H,10-13,16-19H2,1-3H3/t20-,21-,27+/m1/s1. The zero-order chi connectivity index (χ0) is 26.4. The van der Waals surface area contributed by atoms with Crippen LogP contribution in [0.1, 0.15) is 48.2 Å². The minimum Gasteiger partial charge on any atom is -0.472 e. The fraction of sp³-hybridized carbons (Fsp3) is 0.517. The lowest BCUT2D eigenvalue weighted by molar-refractivity contribution is 0.0254. The molecule has 1 amide bonds. The molecule has 2 aliphatic heterocycles. The van der Waals surface area contributed by atoms with E-state index in [2.05, 4.69) is 35.7 Å². The first-order valence-corrected chi connectivity index (χ1v) is 13.0. The number of aromatic nitrogens is 1. The van der Waals surface area contributed by atoms with Crippen LogP contribution in [0, 0.1) is 29.5 Å². The van der Waals surface area contributed by atoms with Gasteiger partial charge < -0.3 is 24.4 Å². The number of carbonyl (C=O) groups excluding carboxylic acids is 1. The zero-order valence-corrected chi connectivity index (χ0v) is 21.8. The van der Waals surface area contributed by atoms with Crippen LogP contribution in [-0.4, -0.2) is 84.4 Å². The summed E-state index contributed by atoms with van der Waals surface area (Å²) in [5.41, 5.74) is 1.54. The SMILES string of the molecule is C[C@@H]1CN([C@H](C)CO)C(=O)c2cc(C#Cc3ccc(F)cc3)cnc2O[C@H]1CN(C)CC1CCOCC1. The number of carbonyl (C=O) groups is 1. The molecule has 8 heteroatoms. The molecule has 7 nitrogen and oxygen atoms in total. The number of benzene rings is 1. The number of rotatable bonds is 6. The number of pyridine rings is 1. The molecule has 2 aliphatic rings. The maximum Gasteiger partial charge on any atom is 0.259 e. The Balaban J connectivity index is 1.59. The van der Waals surface area contributed by atoms with Gasteiger partial charge in [0.15, 0.2) is 0 Å². The second-order valence-electron chi connectivity index (χ2n) is 10.2. The van der Waals surface area contributed by atoms with E-state index in [9.17, 15) is 14.3 Å². The van der Waals surface area contributed by atoms with Gasteiger partial charge in [0, 0.05) is 56.1 Å². The maximum absolute atomic E-state index is 13.6. The van der Waals surface area contributed by atoms with Gasteiger partial charge in [-0.25, -0.2) is 9.37 Å². The van der Waals surface area contributed by atoms with Crippen LogP contribution in [0.5, 0.6) is 5.88 Å². The topological polar surface area (TPSA) is 75.1 Å². The van der Waals surface area contributed by atoms with Gasteiger partial charge in [0.05, 0.1) is 12.6 Å². The van der Waals surface area contributed by atoms with Crippen LogP contribution in [0.2, 0.25) is 0 Å². The summed E-state index contributed by atoms with van der Waals surface area (Å²) >= 11 is 0. The second-order valence-corrected chi connectivity index (χ2v) is 10.2. The predicted octanol–water partition coefficient (Wildman–Crippen LogP) is 3.20. The summed E-state index contributed by atoms with van der Waals surface area (Å²) in [7, 11) is 2.10. The van der Waals surface area contributed by atoms with Crippen molar-refractivity contribution in [3.63, 3.8) is 0 Å². The quantitative estimate of drug-likeness (QED) is 0.603. The molecule has 3 atom stereocenters. The number of hydrogen-bond donors (Lipinski definition) is 1. The van der Waals surface area contributed by atoms with Gasteiger partial charge in [-0.3, -0.25) is 4.79 Å². The van der Waals surface area contributed by atoms with Crippen molar-refractivity contribution in [2.45, 2.75) is 38.8 Å². The second kappa shape index (κ2) is 12.5. The molecule has 1 saturated heterocycles. The Morgan fingerprint density at radius 3 is 2.59 bits per heavy atom. The van der Waals surface area contributed by atoms with Crippen molar-refractivity contribution in [3.8, 4) is 17.7 Å². The molecule has 2 aromatic rings. The number of amides is 1. The van der Waals surface area contributed by atoms with Gasteiger partial charge in [-0.05, 0) is 63.1 Å². The molecule has 4 rings (SSSR count). The number of aliphatic hydroxyl groups is 1. The fourth-order valence-electron chi connectivity index (χ4n) is 4.82. The molecule has 0 aliphatic carbocycles. The molecular weight excluding hydrogens is 473 g/mol. The van der Waals surface area contributed by atoms with Crippen LogP contribution >= 0.6 is 0 Å². The lowest BCUT2D eigenvalue weighted by atomic mass is 9.97. The average Bonchev–Trinajstić information content (AvgIpc) is 2.90. The first kappa shape index (κ1) is 27.1. The largest absolute Gasteiger partial charge is 0.472 e. The summed E-state index contributed by atoms with van der Waals surface area (Å²) in [6.45, 7) is 7.52. The van der Waals surface area contributed by atoms with Crippen molar-refractivity contribution in [3.05, 3.63) is 59.0 Å². The molecule has 1 N–H and O–H groups in total. The van der Waals surface area contributed by atoms with E-state index < -0.39 is 0 Å². The smallest absolute Gasteiger partial charge is 0.259 e. The van der Waals surface area contributed by atoms with Crippen LogP contribution in [0.15, 0.2) is 36.5 Å². The van der Waals surface area contributed by atoms with E-state index in [0.717, 1.165) is 32.6 Å². The average molecular weight is 510 g/mol. The van der Waals surface area contributed by atoms with E-state index >= 15 is 0 Å². The molecule has 0 saturated carbocycles. The van der Waals surface area contributed by atoms with Gasteiger partial charge in [0.1, 0.15) is 17.5 Å². The van der Waals surface area contributed by atoms with Crippen LogP contribution < -0.4 is 4.74 Å². The van der Waals surface area contributed by atoms with E-state index in [0.29, 0.717) is 35.7 Å². The van der Waals surface area contributed by atoms with Gasteiger partial charge in [0.25, 0.3) is 5.91 Å². The van der Waals surface area contributed by atoms with Crippen LogP contribution in [0.25, 0.3) is 0 Å². The van der Waals surface area contributed by atoms with Crippen molar-refractivity contribution in [1.29, 1.82) is 0 Å². The van der Waals surface area contributed by atoms with Crippen LogP contribution in [-0.2, 0) is 4.74 Å². The summed E-state index contributed by atoms with van der Waals surface area (Å²) in [5, 5.41) is 9.87. The monoisotopic (exact) mass is 509 g/mol. The molecule has 0 bridgehead atoms. The van der Waals surface area contributed by atoms with Gasteiger partial charge in [-0.15, -0.1) is 0 Å². The predicted molar refractivity (Wildman–Crippen MR) is 139 cm³/mol. The van der Waals surface area contributed by atoms with E-state index in [-0.39, 0.29) is 42.3 Å². The van der Waals surface area contributed by atoms with Crippen LogP contribution in [0.3, 0.4) is 0 Å². The van der Waals surface area contributed by atoms with Gasteiger partial charge >= 0.3 is 0 Å². The number of nitrogens with zero attached hydrogens (tertiary/aromatic N) is 3. The van der Waals surface area contributed by atoms with Crippen molar-refractivity contribution in [2.75, 3.05) is 46.5 Å². The summed E-state index contributed by atoms with van der Waals surface area (Å²) in [5.74, 6) is 6.35. The zero-order valence-electron chi connectivity index (χ0n) is 21.8. The molecule has 37 heavy (non-hydrogen) atoms. The highest BCUT2D eigenvalue weighted by molar-refractivity contribution is 5.97. The summed E-state index contributed by atoms with van der Waals surface area (Å²) in [6, 6.07) is 7.26. The minimum atomic E-state index is -0.351. The molecule has 1 fully saturated rings. The van der Waals surface area contributed by atoms with Crippen LogP contribution in [0.4, 0.5) is 4.39 Å². The van der Waals surface area contributed by atoms with E-state index in [1.807, 2.05) is 6.92 Å². The Bertz CT molecular complexity index is 1120. The van der Waals surface area contributed by atoms with Crippen molar-refractivity contribution < 1.29 is 23.8 Å². The first-order chi connectivity index (χ1) is 17.8. The Morgan fingerprint density at radius 1 is 1.19 bits per heavy atom. The summed E-state index contributed by atoms with van der Waals surface area (Å²) in [6.07, 6.45) is 3.54. The third-order valence-corrected chi connectivity index (χ3v) is 7.12. The first-order valence-electron chi connectivity index (χ1n) is 13.0.